The maximum atomic E-state index is 9.97. The molecular formula is C18H18Cl2O5. The second-order valence-corrected chi connectivity index (χ2v) is 6.20. The van der Waals surface area contributed by atoms with Gasteiger partial charge in [-0.05, 0) is 18.6 Å². The topological polar surface area (TPSA) is 79.2 Å². The minimum absolute atomic E-state index is 0.0408. The number of aromatic hydroxyl groups is 3. The lowest BCUT2D eigenvalue weighted by Gasteiger charge is -2.11. The maximum absolute atomic E-state index is 9.97. The number of phenolic OH excluding ortho intramolecular Hbond substituents is 3. The fraction of sp³-hybridized carbons (Fsp3) is 0.222. The molecule has 0 saturated carbocycles. The Kier molecular flexibility index (Phi) is 6.28. The summed E-state index contributed by atoms with van der Waals surface area (Å²) in [7, 11) is 2.91. The summed E-state index contributed by atoms with van der Waals surface area (Å²) in [6, 6.07) is 5.71. The quantitative estimate of drug-likeness (QED) is 0.688. The molecule has 2 aromatic rings. The molecule has 0 aromatic heterocycles. The van der Waals surface area contributed by atoms with Crippen molar-refractivity contribution in [3.8, 4) is 28.7 Å². The second-order valence-electron chi connectivity index (χ2n) is 5.30. The Morgan fingerprint density at radius 1 is 1.00 bits per heavy atom. The van der Waals surface area contributed by atoms with Gasteiger partial charge in [0.1, 0.15) is 17.2 Å². The number of methoxy groups -OCH3 is 2. The average molecular weight is 385 g/mol. The summed E-state index contributed by atoms with van der Waals surface area (Å²) in [5.41, 5.74) is 1.14. The molecular weight excluding hydrogens is 367 g/mol. The summed E-state index contributed by atoms with van der Waals surface area (Å²) in [5, 5.41) is 30.2. The highest BCUT2D eigenvalue weighted by Gasteiger charge is 2.13. The lowest BCUT2D eigenvalue weighted by Crippen LogP contribution is -1.94. The molecule has 0 bridgehead atoms. The van der Waals surface area contributed by atoms with E-state index in [0.29, 0.717) is 33.4 Å². The largest absolute Gasteiger partial charge is 0.508 e. The van der Waals surface area contributed by atoms with Crippen LogP contribution in [0.1, 0.15) is 11.1 Å². The number of ether oxygens (including phenoxy) is 2. The van der Waals surface area contributed by atoms with Crippen molar-refractivity contribution in [2.24, 2.45) is 0 Å². The van der Waals surface area contributed by atoms with E-state index in [-0.39, 0.29) is 29.4 Å². The van der Waals surface area contributed by atoms with Crippen molar-refractivity contribution >= 4 is 23.2 Å². The van der Waals surface area contributed by atoms with Crippen LogP contribution in [0.2, 0.25) is 5.02 Å². The Morgan fingerprint density at radius 2 is 1.72 bits per heavy atom. The molecule has 2 rings (SSSR count). The van der Waals surface area contributed by atoms with E-state index < -0.39 is 0 Å². The lowest BCUT2D eigenvalue weighted by atomic mass is 10.1. The number of halogens is 2. The zero-order chi connectivity index (χ0) is 18.6. The van der Waals surface area contributed by atoms with Gasteiger partial charge in [-0.1, -0.05) is 29.3 Å². The van der Waals surface area contributed by atoms with Gasteiger partial charge in [-0.3, -0.25) is 0 Å². The first kappa shape index (κ1) is 19.1. The van der Waals surface area contributed by atoms with Crippen LogP contribution < -0.4 is 9.47 Å². The fourth-order valence-electron chi connectivity index (χ4n) is 2.40. The summed E-state index contributed by atoms with van der Waals surface area (Å²) < 4.78 is 10.3. The van der Waals surface area contributed by atoms with Gasteiger partial charge in [0.25, 0.3) is 0 Å². The van der Waals surface area contributed by atoms with Crippen molar-refractivity contribution < 1.29 is 24.8 Å². The number of allylic oxidation sites excluding steroid dienone is 2. The molecule has 0 fully saturated rings. The number of benzene rings is 2. The monoisotopic (exact) mass is 384 g/mol. The van der Waals surface area contributed by atoms with Crippen LogP contribution in [0, 0.1) is 0 Å². The number of rotatable bonds is 6. The molecule has 0 aliphatic carbocycles. The molecule has 0 saturated heterocycles. The second kappa shape index (κ2) is 8.23. The van der Waals surface area contributed by atoms with Gasteiger partial charge in [-0.25, -0.2) is 0 Å². The Balaban J connectivity index is 2.21. The van der Waals surface area contributed by atoms with Gasteiger partial charge >= 0.3 is 0 Å². The van der Waals surface area contributed by atoms with Crippen LogP contribution in [0.15, 0.2) is 35.4 Å². The van der Waals surface area contributed by atoms with Crippen LogP contribution in [-0.2, 0) is 12.8 Å². The van der Waals surface area contributed by atoms with Crippen molar-refractivity contribution in [3.05, 3.63) is 51.5 Å². The smallest absolute Gasteiger partial charge is 0.164 e. The van der Waals surface area contributed by atoms with Crippen molar-refractivity contribution in [2.75, 3.05) is 14.2 Å². The predicted molar refractivity (Wildman–Crippen MR) is 97.3 cm³/mol. The minimum Gasteiger partial charge on any atom is -0.508 e. The van der Waals surface area contributed by atoms with E-state index in [9.17, 15) is 15.3 Å². The first-order valence-electron chi connectivity index (χ1n) is 7.34. The van der Waals surface area contributed by atoms with E-state index in [1.807, 2.05) is 0 Å². The van der Waals surface area contributed by atoms with E-state index >= 15 is 0 Å². The fourth-order valence-corrected chi connectivity index (χ4v) is 2.86. The van der Waals surface area contributed by atoms with E-state index in [2.05, 4.69) is 0 Å². The molecule has 3 N–H and O–H groups in total. The van der Waals surface area contributed by atoms with Gasteiger partial charge in [0.2, 0.25) is 0 Å². The highest BCUT2D eigenvalue weighted by Crippen LogP contribution is 2.36. The van der Waals surface area contributed by atoms with Crippen LogP contribution in [0.3, 0.4) is 0 Å². The van der Waals surface area contributed by atoms with E-state index in [0.717, 1.165) is 0 Å². The molecule has 0 heterocycles. The SMILES string of the molecule is COc1cc(C/C=C(/Cl)Cc2cc(O)cc(O)c2OC)c(O)cc1Cl. The minimum atomic E-state index is -0.165. The van der Waals surface area contributed by atoms with Gasteiger partial charge in [0.05, 0.1) is 19.2 Å². The summed E-state index contributed by atoms with van der Waals surface area (Å²) in [6.07, 6.45) is 2.31. The third-order valence-corrected chi connectivity index (χ3v) is 4.17. The van der Waals surface area contributed by atoms with Gasteiger partial charge < -0.3 is 24.8 Å². The highest BCUT2D eigenvalue weighted by molar-refractivity contribution is 6.32. The first-order chi connectivity index (χ1) is 11.8. The van der Waals surface area contributed by atoms with Crippen molar-refractivity contribution in [2.45, 2.75) is 12.8 Å². The van der Waals surface area contributed by atoms with Gasteiger partial charge in [-0.2, -0.15) is 0 Å². The molecule has 0 unspecified atom stereocenters. The number of hydrogen-bond acceptors (Lipinski definition) is 5. The van der Waals surface area contributed by atoms with E-state index in [1.54, 1.807) is 12.1 Å². The summed E-state index contributed by atoms with van der Waals surface area (Å²) in [5.74, 6) is 0.498. The van der Waals surface area contributed by atoms with Crippen LogP contribution in [0.4, 0.5) is 0 Å². The molecule has 0 aliphatic rings. The highest BCUT2D eigenvalue weighted by atomic mass is 35.5. The van der Waals surface area contributed by atoms with Crippen molar-refractivity contribution in [1.29, 1.82) is 0 Å². The zero-order valence-electron chi connectivity index (χ0n) is 13.7. The molecule has 0 spiro atoms. The molecule has 2 aromatic carbocycles. The third kappa shape index (κ3) is 4.65. The summed E-state index contributed by atoms with van der Waals surface area (Å²) in [4.78, 5) is 0. The van der Waals surface area contributed by atoms with Crippen LogP contribution in [-0.4, -0.2) is 29.5 Å². The molecule has 134 valence electrons. The average Bonchev–Trinajstić information content (AvgIpc) is 2.53. The molecule has 25 heavy (non-hydrogen) atoms. The van der Waals surface area contributed by atoms with E-state index in [4.69, 9.17) is 32.7 Å². The van der Waals surface area contributed by atoms with Gasteiger partial charge in [0, 0.05) is 34.7 Å². The van der Waals surface area contributed by atoms with Crippen LogP contribution >= 0.6 is 23.2 Å². The predicted octanol–water partition coefficient (Wildman–Crippen LogP) is 4.38. The van der Waals surface area contributed by atoms with E-state index in [1.165, 1.54) is 32.4 Å². The van der Waals surface area contributed by atoms with Crippen LogP contribution in [0.5, 0.6) is 28.7 Å². The third-order valence-electron chi connectivity index (χ3n) is 3.59. The standard InChI is InChI=1S/C18H18Cl2O5/c1-24-17-7-10(15(22)9-14(17)20)3-4-12(19)5-11-6-13(21)8-16(23)18(11)25-2/h4,6-9,21-23H,3,5H2,1-2H3/b12-4+. The Hall–Kier alpha value is -2.24. The van der Waals surface area contributed by atoms with Crippen molar-refractivity contribution in [3.63, 3.8) is 0 Å². The molecule has 0 aliphatic heterocycles. The van der Waals surface area contributed by atoms with Crippen LogP contribution in [0.25, 0.3) is 0 Å². The number of phenols is 3. The lowest BCUT2D eigenvalue weighted by molar-refractivity contribution is 0.366. The molecule has 0 amide bonds. The normalized spacial score (nSPS) is 11.4. The molecule has 7 heteroatoms. The van der Waals surface area contributed by atoms with Gasteiger partial charge in [0.15, 0.2) is 11.5 Å². The summed E-state index contributed by atoms with van der Waals surface area (Å²) in [6.45, 7) is 0. The Labute approximate surface area is 155 Å². The zero-order valence-corrected chi connectivity index (χ0v) is 15.2. The Bertz CT molecular complexity index is 803. The number of hydrogen-bond donors (Lipinski definition) is 3. The van der Waals surface area contributed by atoms with Crippen molar-refractivity contribution in [1.82, 2.24) is 0 Å². The maximum Gasteiger partial charge on any atom is 0.164 e. The van der Waals surface area contributed by atoms with Gasteiger partial charge in [-0.15, -0.1) is 0 Å². The first-order valence-corrected chi connectivity index (χ1v) is 8.10. The Morgan fingerprint density at radius 3 is 2.36 bits per heavy atom. The summed E-state index contributed by atoms with van der Waals surface area (Å²) >= 11 is 12.2. The molecule has 5 nitrogen and oxygen atoms in total. The molecule has 0 atom stereocenters. The molecule has 0 radical (unpaired) electrons.